The van der Waals surface area contributed by atoms with E-state index in [1.54, 1.807) is 4.90 Å². The van der Waals surface area contributed by atoms with E-state index in [4.69, 9.17) is 4.42 Å². The summed E-state index contributed by atoms with van der Waals surface area (Å²) in [4.78, 5) is 26.8. The third-order valence-corrected chi connectivity index (χ3v) is 6.17. The van der Waals surface area contributed by atoms with Gasteiger partial charge in [-0.05, 0) is 43.4 Å². The number of aryl methyl sites for hydroxylation is 1. The van der Waals surface area contributed by atoms with Gasteiger partial charge in [-0.1, -0.05) is 48.5 Å². The maximum atomic E-state index is 13.0. The lowest BCUT2D eigenvalue weighted by atomic mass is 10.0. The summed E-state index contributed by atoms with van der Waals surface area (Å²) in [6, 6.07) is 19.5. The Hall–Kier alpha value is -3.80. The largest absolute Gasteiger partial charge is 0.450 e. The summed E-state index contributed by atoms with van der Waals surface area (Å²) in [6.07, 6.45) is 0.923. The Balaban J connectivity index is 1.36. The van der Waals surface area contributed by atoms with Gasteiger partial charge in [0.05, 0.1) is 6.04 Å². The molecule has 3 amide bonds. The van der Waals surface area contributed by atoms with Crippen LogP contribution in [0.25, 0.3) is 21.7 Å². The monoisotopic (exact) mass is 427 g/mol. The fraction of sp³-hybridized carbons (Fsp3) is 0.231. The number of nitrogens with zero attached hydrogens (tertiary/aromatic N) is 1. The van der Waals surface area contributed by atoms with Crippen LogP contribution in [0.1, 0.15) is 41.1 Å². The van der Waals surface area contributed by atoms with Crippen molar-refractivity contribution in [3.05, 3.63) is 77.6 Å². The summed E-state index contributed by atoms with van der Waals surface area (Å²) in [6.45, 7) is 5.28. The highest BCUT2D eigenvalue weighted by atomic mass is 16.3. The molecular weight excluding hydrogens is 402 g/mol. The molecule has 2 heterocycles. The number of rotatable bonds is 4. The van der Waals surface area contributed by atoms with Crippen molar-refractivity contribution in [2.24, 2.45) is 0 Å². The zero-order valence-corrected chi connectivity index (χ0v) is 18.1. The van der Waals surface area contributed by atoms with Gasteiger partial charge in [-0.2, -0.15) is 0 Å². The molecule has 1 aromatic heterocycles. The minimum atomic E-state index is -0.241. The maximum absolute atomic E-state index is 13.0. The molecule has 6 nitrogen and oxygen atoms in total. The molecule has 0 unspecified atom stereocenters. The molecule has 5 rings (SSSR count). The normalized spacial score (nSPS) is 15.1. The molecule has 0 aliphatic carbocycles. The van der Waals surface area contributed by atoms with Crippen LogP contribution in [-0.4, -0.2) is 25.0 Å². The van der Waals surface area contributed by atoms with E-state index >= 15 is 0 Å². The molecule has 1 aliphatic heterocycles. The molecular formula is C26H25N3O3. The van der Waals surface area contributed by atoms with Crippen molar-refractivity contribution in [2.75, 3.05) is 18.0 Å². The van der Waals surface area contributed by atoms with Crippen LogP contribution in [0.4, 0.5) is 10.5 Å². The maximum Gasteiger partial charge on any atom is 0.321 e. The van der Waals surface area contributed by atoms with Gasteiger partial charge >= 0.3 is 6.03 Å². The molecule has 6 heteroatoms. The van der Waals surface area contributed by atoms with Gasteiger partial charge in [0, 0.05) is 35.1 Å². The first-order valence-electron chi connectivity index (χ1n) is 10.9. The molecule has 1 aliphatic rings. The first-order valence-corrected chi connectivity index (χ1v) is 10.9. The molecule has 1 atom stereocenters. The third-order valence-electron chi connectivity index (χ3n) is 6.17. The molecule has 0 radical (unpaired) electrons. The first-order chi connectivity index (χ1) is 15.5. The zero-order valence-electron chi connectivity index (χ0n) is 18.1. The molecule has 0 bridgehead atoms. The van der Waals surface area contributed by atoms with Crippen molar-refractivity contribution in [1.29, 1.82) is 0 Å². The number of nitrogens with one attached hydrogen (secondary N) is 2. The van der Waals surface area contributed by atoms with E-state index in [0.717, 1.165) is 45.0 Å². The summed E-state index contributed by atoms with van der Waals surface area (Å²) < 4.78 is 6.06. The summed E-state index contributed by atoms with van der Waals surface area (Å²) in [7, 11) is 0. The predicted molar refractivity (Wildman–Crippen MR) is 126 cm³/mol. The SMILES string of the molecule is Cc1c(C(=O)N[C@H](C)c2ccc(N3CCCNC3=O)cc2)oc2c1ccc1ccccc12. The highest BCUT2D eigenvalue weighted by Gasteiger charge is 2.22. The molecule has 3 aromatic carbocycles. The average molecular weight is 428 g/mol. The van der Waals surface area contributed by atoms with E-state index in [0.29, 0.717) is 18.8 Å². The molecule has 0 saturated carbocycles. The first kappa shape index (κ1) is 20.1. The Kier molecular flexibility index (Phi) is 5.05. The minimum absolute atomic E-state index is 0.0711. The highest BCUT2D eigenvalue weighted by molar-refractivity contribution is 6.09. The topological polar surface area (TPSA) is 74.6 Å². The van der Waals surface area contributed by atoms with E-state index in [9.17, 15) is 9.59 Å². The van der Waals surface area contributed by atoms with Crippen LogP contribution < -0.4 is 15.5 Å². The Labute approximate surface area is 186 Å². The van der Waals surface area contributed by atoms with E-state index in [1.807, 2.05) is 68.4 Å². The van der Waals surface area contributed by atoms with Crippen LogP contribution in [0.5, 0.6) is 0 Å². The number of anilines is 1. The summed E-state index contributed by atoms with van der Waals surface area (Å²) in [5, 5.41) is 8.93. The number of fused-ring (bicyclic) bond motifs is 3. The van der Waals surface area contributed by atoms with Gasteiger partial charge in [0.2, 0.25) is 0 Å². The standard InChI is InChI=1S/C26H25N3O3/c1-16-21-13-10-19-6-3-4-7-22(19)24(21)32-23(16)25(30)28-17(2)18-8-11-20(12-9-18)29-15-5-14-27-26(29)31/h3-4,6-13,17H,5,14-15H2,1-2H3,(H,27,31)(H,28,30)/t17-/m1/s1. The summed E-state index contributed by atoms with van der Waals surface area (Å²) in [5.74, 6) is 0.0968. The van der Waals surface area contributed by atoms with E-state index in [2.05, 4.69) is 16.7 Å². The van der Waals surface area contributed by atoms with Crippen molar-refractivity contribution in [3.8, 4) is 0 Å². The van der Waals surface area contributed by atoms with E-state index < -0.39 is 0 Å². The number of hydrogen-bond acceptors (Lipinski definition) is 3. The number of carbonyl (C=O) groups is 2. The molecule has 2 N–H and O–H groups in total. The van der Waals surface area contributed by atoms with Gasteiger partial charge in [0.1, 0.15) is 5.58 Å². The van der Waals surface area contributed by atoms with Crippen LogP contribution in [0.2, 0.25) is 0 Å². The van der Waals surface area contributed by atoms with Gasteiger partial charge in [0.15, 0.2) is 5.76 Å². The molecule has 0 spiro atoms. The van der Waals surface area contributed by atoms with Crippen molar-refractivity contribution in [3.63, 3.8) is 0 Å². The molecule has 162 valence electrons. The summed E-state index contributed by atoms with van der Waals surface area (Å²) >= 11 is 0. The second kappa shape index (κ2) is 8.04. The quantitative estimate of drug-likeness (QED) is 0.464. The number of carbonyl (C=O) groups excluding carboxylic acids is 2. The van der Waals surface area contributed by atoms with Crippen LogP contribution in [-0.2, 0) is 0 Å². The lowest BCUT2D eigenvalue weighted by Crippen LogP contribution is -2.46. The van der Waals surface area contributed by atoms with E-state index in [1.165, 1.54) is 0 Å². The summed E-state index contributed by atoms with van der Waals surface area (Å²) in [5.41, 5.74) is 3.38. The Morgan fingerprint density at radius 2 is 1.84 bits per heavy atom. The zero-order chi connectivity index (χ0) is 22.2. The van der Waals surface area contributed by atoms with Crippen molar-refractivity contribution < 1.29 is 14.0 Å². The second-order valence-corrected chi connectivity index (χ2v) is 8.24. The van der Waals surface area contributed by atoms with Crippen LogP contribution >= 0.6 is 0 Å². The number of urea groups is 1. The van der Waals surface area contributed by atoms with E-state index in [-0.39, 0.29) is 18.0 Å². The third kappa shape index (κ3) is 3.47. The van der Waals surface area contributed by atoms with Crippen LogP contribution in [0.3, 0.4) is 0 Å². The van der Waals surface area contributed by atoms with Gasteiger partial charge in [-0.3, -0.25) is 9.69 Å². The number of hydrogen-bond donors (Lipinski definition) is 2. The number of benzene rings is 3. The smallest absolute Gasteiger partial charge is 0.321 e. The van der Waals surface area contributed by atoms with Gasteiger partial charge in [-0.25, -0.2) is 4.79 Å². The Morgan fingerprint density at radius 3 is 2.62 bits per heavy atom. The molecule has 1 fully saturated rings. The molecule has 4 aromatic rings. The average Bonchev–Trinajstić information content (AvgIpc) is 3.16. The number of furan rings is 1. The highest BCUT2D eigenvalue weighted by Crippen LogP contribution is 2.32. The van der Waals surface area contributed by atoms with Crippen LogP contribution in [0, 0.1) is 6.92 Å². The van der Waals surface area contributed by atoms with Crippen molar-refractivity contribution >= 4 is 39.4 Å². The van der Waals surface area contributed by atoms with Gasteiger partial charge in [-0.15, -0.1) is 0 Å². The van der Waals surface area contributed by atoms with Crippen molar-refractivity contribution in [2.45, 2.75) is 26.3 Å². The molecule has 1 saturated heterocycles. The van der Waals surface area contributed by atoms with Gasteiger partial charge < -0.3 is 15.1 Å². The van der Waals surface area contributed by atoms with Crippen molar-refractivity contribution in [1.82, 2.24) is 10.6 Å². The fourth-order valence-electron chi connectivity index (χ4n) is 4.33. The lowest BCUT2D eigenvalue weighted by molar-refractivity contribution is 0.0913. The number of amides is 3. The predicted octanol–water partition coefficient (Wildman–Crippen LogP) is 5.31. The lowest BCUT2D eigenvalue weighted by Gasteiger charge is -2.27. The fourth-order valence-corrected chi connectivity index (χ4v) is 4.33. The minimum Gasteiger partial charge on any atom is -0.450 e. The Bertz CT molecular complexity index is 1320. The van der Waals surface area contributed by atoms with Crippen LogP contribution in [0.15, 0.2) is 65.1 Å². The Morgan fingerprint density at radius 1 is 1.06 bits per heavy atom. The molecule has 32 heavy (non-hydrogen) atoms. The second-order valence-electron chi connectivity index (χ2n) is 8.24. The van der Waals surface area contributed by atoms with Gasteiger partial charge in [0.25, 0.3) is 5.91 Å².